The molecule has 0 heterocycles. The van der Waals surface area contributed by atoms with Gasteiger partial charge in [0.2, 0.25) is 5.91 Å². The SMILES string of the molecule is CCOC(=O)CCN(C(=O)/C=C/c1cccc(OC)c1)C1CCCCC1C. The molecular formula is C22H31NO4. The van der Waals surface area contributed by atoms with E-state index in [2.05, 4.69) is 6.92 Å². The van der Waals surface area contributed by atoms with Crippen LogP contribution in [0.25, 0.3) is 6.08 Å². The smallest absolute Gasteiger partial charge is 0.307 e. The number of carbonyl (C=O) groups is 2. The summed E-state index contributed by atoms with van der Waals surface area (Å²) < 4.78 is 10.3. The molecule has 5 heteroatoms. The molecule has 0 aromatic heterocycles. The van der Waals surface area contributed by atoms with E-state index in [-0.39, 0.29) is 24.3 Å². The summed E-state index contributed by atoms with van der Waals surface area (Å²) in [5.74, 6) is 0.885. The summed E-state index contributed by atoms with van der Waals surface area (Å²) in [5, 5.41) is 0. The fourth-order valence-electron chi connectivity index (χ4n) is 3.65. The lowest BCUT2D eigenvalue weighted by Gasteiger charge is -2.38. The van der Waals surface area contributed by atoms with Crippen molar-refractivity contribution in [1.82, 2.24) is 4.90 Å². The molecule has 1 saturated carbocycles. The van der Waals surface area contributed by atoms with Crippen molar-refractivity contribution >= 4 is 18.0 Å². The Balaban J connectivity index is 2.11. The van der Waals surface area contributed by atoms with Crippen molar-refractivity contribution in [3.63, 3.8) is 0 Å². The van der Waals surface area contributed by atoms with Crippen molar-refractivity contribution in [2.75, 3.05) is 20.3 Å². The molecule has 1 aromatic rings. The van der Waals surface area contributed by atoms with E-state index < -0.39 is 0 Å². The maximum atomic E-state index is 12.9. The topological polar surface area (TPSA) is 55.8 Å². The van der Waals surface area contributed by atoms with Crippen molar-refractivity contribution in [1.29, 1.82) is 0 Å². The lowest BCUT2D eigenvalue weighted by molar-refractivity contribution is -0.144. The highest BCUT2D eigenvalue weighted by Crippen LogP contribution is 2.28. The number of nitrogens with zero attached hydrogens (tertiary/aromatic N) is 1. The summed E-state index contributed by atoms with van der Waals surface area (Å²) in [6, 6.07) is 7.75. The largest absolute Gasteiger partial charge is 0.497 e. The number of ether oxygens (including phenoxy) is 2. The minimum atomic E-state index is -0.254. The molecule has 0 bridgehead atoms. The van der Waals surface area contributed by atoms with E-state index in [1.54, 1.807) is 26.2 Å². The first-order valence-corrected chi connectivity index (χ1v) is 9.83. The Hall–Kier alpha value is -2.30. The lowest BCUT2D eigenvalue weighted by Crippen LogP contribution is -2.45. The second-order valence-corrected chi connectivity index (χ2v) is 7.03. The Morgan fingerprint density at radius 2 is 2.04 bits per heavy atom. The zero-order valence-corrected chi connectivity index (χ0v) is 16.6. The van der Waals surface area contributed by atoms with Crippen LogP contribution >= 0.6 is 0 Å². The highest BCUT2D eigenvalue weighted by Gasteiger charge is 2.29. The molecule has 0 saturated heterocycles. The van der Waals surface area contributed by atoms with E-state index in [1.807, 2.05) is 29.2 Å². The number of esters is 1. The van der Waals surface area contributed by atoms with E-state index in [4.69, 9.17) is 9.47 Å². The van der Waals surface area contributed by atoms with E-state index in [0.29, 0.717) is 19.1 Å². The molecule has 1 aliphatic carbocycles. The molecule has 148 valence electrons. The highest BCUT2D eigenvalue weighted by atomic mass is 16.5. The molecule has 1 amide bonds. The molecule has 0 aliphatic heterocycles. The van der Waals surface area contributed by atoms with Gasteiger partial charge in [0.1, 0.15) is 5.75 Å². The Morgan fingerprint density at radius 3 is 2.74 bits per heavy atom. The van der Waals surface area contributed by atoms with Gasteiger partial charge in [0.25, 0.3) is 0 Å². The van der Waals surface area contributed by atoms with Crippen LogP contribution in [-0.4, -0.2) is 43.1 Å². The molecule has 1 aromatic carbocycles. The van der Waals surface area contributed by atoms with Crippen molar-refractivity contribution < 1.29 is 19.1 Å². The summed E-state index contributed by atoms with van der Waals surface area (Å²) in [6.07, 6.45) is 8.07. The number of carbonyl (C=O) groups excluding carboxylic acids is 2. The summed E-state index contributed by atoms with van der Waals surface area (Å²) in [7, 11) is 1.62. The van der Waals surface area contributed by atoms with Gasteiger partial charge in [-0.2, -0.15) is 0 Å². The second-order valence-electron chi connectivity index (χ2n) is 7.03. The summed E-state index contributed by atoms with van der Waals surface area (Å²) >= 11 is 0. The standard InChI is InChI=1S/C22H31NO4/c1-4-27-22(25)14-15-23(20-11-6-5-8-17(20)2)21(24)13-12-18-9-7-10-19(16-18)26-3/h7,9-10,12-13,16-17,20H,4-6,8,11,14-15H2,1-3H3/b13-12+. The maximum Gasteiger partial charge on any atom is 0.307 e. The van der Waals surface area contributed by atoms with E-state index >= 15 is 0 Å². The monoisotopic (exact) mass is 373 g/mol. The molecule has 0 spiro atoms. The zero-order chi connectivity index (χ0) is 19.6. The van der Waals surface area contributed by atoms with Crippen LogP contribution in [-0.2, 0) is 14.3 Å². The molecule has 5 nitrogen and oxygen atoms in total. The fraction of sp³-hybridized carbons (Fsp3) is 0.545. The third-order valence-corrected chi connectivity index (χ3v) is 5.12. The Kier molecular flexibility index (Phi) is 8.37. The lowest BCUT2D eigenvalue weighted by atomic mass is 9.84. The number of amides is 1. The number of methoxy groups -OCH3 is 1. The Morgan fingerprint density at radius 1 is 1.26 bits per heavy atom. The quantitative estimate of drug-likeness (QED) is 0.509. The third-order valence-electron chi connectivity index (χ3n) is 5.12. The number of hydrogen-bond donors (Lipinski definition) is 0. The van der Waals surface area contributed by atoms with Crippen LogP contribution in [0.4, 0.5) is 0 Å². The first kappa shape index (κ1) is 21.0. The fourth-order valence-corrected chi connectivity index (χ4v) is 3.65. The Labute approximate surface area is 162 Å². The molecule has 0 radical (unpaired) electrons. The molecule has 1 fully saturated rings. The maximum absolute atomic E-state index is 12.9. The van der Waals surface area contributed by atoms with Crippen LogP contribution in [0.5, 0.6) is 5.75 Å². The van der Waals surface area contributed by atoms with Crippen LogP contribution in [0.3, 0.4) is 0 Å². The van der Waals surface area contributed by atoms with Crippen LogP contribution in [0.1, 0.15) is 51.5 Å². The molecule has 1 aliphatic rings. The average Bonchev–Trinajstić information content (AvgIpc) is 2.68. The van der Waals surface area contributed by atoms with Gasteiger partial charge in [-0.3, -0.25) is 9.59 Å². The molecule has 0 N–H and O–H groups in total. The van der Waals surface area contributed by atoms with Gasteiger partial charge in [0.15, 0.2) is 0 Å². The molecule has 2 unspecified atom stereocenters. The van der Waals surface area contributed by atoms with Gasteiger partial charge in [0, 0.05) is 18.7 Å². The molecule has 27 heavy (non-hydrogen) atoms. The predicted molar refractivity (Wildman–Crippen MR) is 106 cm³/mol. The van der Waals surface area contributed by atoms with Gasteiger partial charge in [0.05, 0.1) is 20.1 Å². The first-order valence-electron chi connectivity index (χ1n) is 9.83. The van der Waals surface area contributed by atoms with Gasteiger partial charge >= 0.3 is 5.97 Å². The van der Waals surface area contributed by atoms with Gasteiger partial charge in [-0.05, 0) is 49.5 Å². The van der Waals surface area contributed by atoms with E-state index in [1.165, 1.54) is 6.42 Å². The molecular weight excluding hydrogens is 342 g/mol. The first-order chi connectivity index (χ1) is 13.0. The molecule has 2 rings (SSSR count). The van der Waals surface area contributed by atoms with Crippen molar-refractivity contribution in [2.24, 2.45) is 5.92 Å². The summed E-state index contributed by atoms with van der Waals surface area (Å²) in [5.41, 5.74) is 0.907. The second kappa shape index (κ2) is 10.8. The minimum Gasteiger partial charge on any atom is -0.497 e. The minimum absolute atomic E-state index is 0.0548. The van der Waals surface area contributed by atoms with Gasteiger partial charge < -0.3 is 14.4 Å². The Bertz CT molecular complexity index is 655. The average molecular weight is 373 g/mol. The number of hydrogen-bond acceptors (Lipinski definition) is 4. The molecule has 2 atom stereocenters. The highest BCUT2D eigenvalue weighted by molar-refractivity contribution is 5.92. The van der Waals surface area contributed by atoms with Gasteiger partial charge in [-0.1, -0.05) is 31.9 Å². The van der Waals surface area contributed by atoms with Crippen molar-refractivity contribution in [3.8, 4) is 5.75 Å². The summed E-state index contributed by atoms with van der Waals surface area (Å²) in [4.78, 5) is 26.6. The van der Waals surface area contributed by atoms with E-state index in [9.17, 15) is 9.59 Å². The van der Waals surface area contributed by atoms with Crippen molar-refractivity contribution in [3.05, 3.63) is 35.9 Å². The number of rotatable bonds is 8. The normalized spacial score (nSPS) is 19.7. The third kappa shape index (κ3) is 6.42. The zero-order valence-electron chi connectivity index (χ0n) is 16.6. The van der Waals surface area contributed by atoms with Crippen LogP contribution in [0.2, 0.25) is 0 Å². The van der Waals surface area contributed by atoms with Gasteiger partial charge in [-0.25, -0.2) is 0 Å². The predicted octanol–water partition coefficient (Wildman–Crippen LogP) is 4.07. The van der Waals surface area contributed by atoms with Crippen LogP contribution < -0.4 is 4.74 Å². The van der Waals surface area contributed by atoms with E-state index in [0.717, 1.165) is 30.6 Å². The van der Waals surface area contributed by atoms with Crippen LogP contribution in [0, 0.1) is 5.92 Å². The number of benzene rings is 1. The van der Waals surface area contributed by atoms with Gasteiger partial charge in [-0.15, -0.1) is 0 Å². The summed E-state index contributed by atoms with van der Waals surface area (Å²) in [6.45, 7) is 4.75. The van der Waals surface area contributed by atoms with Crippen LogP contribution in [0.15, 0.2) is 30.3 Å². The van der Waals surface area contributed by atoms with Crippen molar-refractivity contribution in [2.45, 2.75) is 52.0 Å².